The van der Waals surface area contributed by atoms with Gasteiger partial charge < -0.3 is 10.2 Å². The van der Waals surface area contributed by atoms with E-state index in [1.54, 1.807) is 0 Å². The predicted molar refractivity (Wildman–Crippen MR) is 40.1 cm³/mol. The second-order valence-corrected chi connectivity index (χ2v) is 2.68. The monoisotopic (exact) mass is 190 g/mol. The highest BCUT2D eigenvalue weighted by Gasteiger charge is 1.77. The van der Waals surface area contributed by atoms with E-state index >= 15 is 0 Å². The minimum absolute atomic E-state index is 0.0941. The zero-order chi connectivity index (χ0) is 8.41. The molecule has 0 aliphatic rings. The second-order valence-electron chi connectivity index (χ2n) is 1.19. The second kappa shape index (κ2) is 11.9. The van der Waals surface area contributed by atoms with Crippen LogP contribution >= 0.6 is 11.6 Å². The summed E-state index contributed by atoms with van der Waals surface area (Å²) in [5.74, 6) is 0.301. The van der Waals surface area contributed by atoms with Crippen molar-refractivity contribution >= 4 is 22.3 Å². The van der Waals surface area contributed by atoms with Crippen LogP contribution in [-0.4, -0.2) is 43.5 Å². The fourth-order valence-corrected chi connectivity index (χ4v) is 0.621. The number of hydrogen-bond acceptors (Lipinski definition) is 4. The molecule has 2 N–H and O–H groups in total. The molecular formula is C4H11ClO4S. The molecule has 0 amide bonds. The fourth-order valence-electron chi connectivity index (χ4n) is 0.0690. The van der Waals surface area contributed by atoms with Crippen molar-refractivity contribution in [1.82, 2.24) is 0 Å². The van der Waals surface area contributed by atoms with Crippen LogP contribution in [0.15, 0.2) is 0 Å². The third-order valence-electron chi connectivity index (χ3n) is 0.367. The highest BCUT2D eigenvalue weighted by atomic mass is 35.5. The molecule has 6 heteroatoms. The molecule has 64 valence electrons. The van der Waals surface area contributed by atoms with E-state index in [1.165, 1.54) is 0 Å². The van der Waals surface area contributed by atoms with E-state index in [0.717, 1.165) is 0 Å². The third kappa shape index (κ3) is 24.2. The number of aliphatic hydroxyl groups excluding tert-OH is 2. The molecule has 0 fully saturated rings. The molecule has 0 rings (SSSR count). The number of aliphatic hydroxyl groups is 2. The molecular weight excluding hydrogens is 180 g/mol. The van der Waals surface area contributed by atoms with Crippen molar-refractivity contribution in [3.8, 4) is 0 Å². The topological polar surface area (TPSA) is 74.6 Å². The molecule has 0 saturated carbocycles. The van der Waals surface area contributed by atoms with Crippen LogP contribution in [-0.2, 0) is 10.7 Å². The van der Waals surface area contributed by atoms with Gasteiger partial charge in [-0.2, -0.15) is 0 Å². The lowest BCUT2D eigenvalue weighted by molar-refractivity contribution is 0.186. The summed E-state index contributed by atoms with van der Waals surface area (Å²) in [5.41, 5.74) is 0. The molecule has 0 unspecified atom stereocenters. The van der Waals surface area contributed by atoms with Gasteiger partial charge in [0.05, 0.1) is 19.0 Å². The van der Waals surface area contributed by atoms with E-state index in [0.29, 0.717) is 0 Å². The summed E-state index contributed by atoms with van der Waals surface area (Å²) in [6, 6.07) is 0. The Morgan fingerprint density at radius 3 is 1.60 bits per heavy atom. The number of hydrogen-bond donors (Lipinski definition) is 3. The number of halogens is 1. The van der Waals surface area contributed by atoms with Gasteiger partial charge in [0, 0.05) is 5.88 Å². The predicted octanol–water partition coefficient (Wildman–Crippen LogP) is -1.19. The highest BCUT2D eigenvalue weighted by Crippen LogP contribution is 1.71. The lowest BCUT2D eigenvalue weighted by atomic mass is 10.8. The van der Waals surface area contributed by atoms with Gasteiger partial charge in [-0.15, -0.1) is 11.6 Å². The van der Waals surface area contributed by atoms with E-state index in [9.17, 15) is 8.42 Å². The van der Waals surface area contributed by atoms with Crippen LogP contribution in [0.25, 0.3) is 0 Å². The van der Waals surface area contributed by atoms with Crippen LogP contribution in [0, 0.1) is 0 Å². The summed E-state index contributed by atoms with van der Waals surface area (Å²) in [6.45, 7) is -0.250. The van der Waals surface area contributed by atoms with Crippen molar-refractivity contribution in [2.45, 2.75) is 0 Å². The van der Waals surface area contributed by atoms with Gasteiger partial charge in [-0.1, -0.05) is 0 Å². The SMILES string of the molecule is O=[SH](=O)CCCl.OCCO. The first-order valence-corrected chi connectivity index (χ1v) is 4.48. The minimum Gasteiger partial charge on any atom is -0.394 e. The van der Waals surface area contributed by atoms with Gasteiger partial charge in [-0.05, 0) is 0 Å². The minimum atomic E-state index is -2.23. The third-order valence-corrected chi connectivity index (χ3v) is 1.41. The zero-order valence-electron chi connectivity index (χ0n) is 5.36. The van der Waals surface area contributed by atoms with Crippen molar-refractivity contribution in [1.29, 1.82) is 0 Å². The molecule has 0 heterocycles. The molecule has 0 atom stereocenters. The van der Waals surface area contributed by atoms with Gasteiger partial charge in [-0.3, -0.25) is 0 Å². The van der Waals surface area contributed by atoms with Crippen LogP contribution in [0.3, 0.4) is 0 Å². The van der Waals surface area contributed by atoms with Crippen molar-refractivity contribution in [3.63, 3.8) is 0 Å². The maximum atomic E-state index is 9.55. The average Bonchev–Trinajstić information content (AvgIpc) is 1.89. The Morgan fingerprint density at radius 2 is 1.60 bits per heavy atom. The Bertz CT molecular complexity index is 104. The average molecular weight is 191 g/mol. The Hall–Kier alpha value is 0.160. The fraction of sp³-hybridized carbons (Fsp3) is 1.00. The van der Waals surface area contributed by atoms with E-state index in [-0.39, 0.29) is 24.8 Å². The van der Waals surface area contributed by atoms with E-state index in [1.807, 2.05) is 0 Å². The van der Waals surface area contributed by atoms with Crippen LogP contribution < -0.4 is 0 Å². The quantitative estimate of drug-likeness (QED) is 0.387. The molecule has 0 aromatic rings. The number of rotatable bonds is 3. The highest BCUT2D eigenvalue weighted by molar-refractivity contribution is 7.72. The van der Waals surface area contributed by atoms with E-state index in [4.69, 9.17) is 21.8 Å². The van der Waals surface area contributed by atoms with Gasteiger partial charge in [0.15, 0.2) is 0 Å². The molecule has 0 aliphatic heterocycles. The zero-order valence-corrected chi connectivity index (χ0v) is 7.01. The van der Waals surface area contributed by atoms with E-state index in [2.05, 4.69) is 0 Å². The molecule has 4 nitrogen and oxygen atoms in total. The summed E-state index contributed by atoms with van der Waals surface area (Å²) in [6.07, 6.45) is 0. The lowest BCUT2D eigenvalue weighted by Crippen LogP contribution is -1.85. The number of thiol groups is 1. The first-order chi connectivity index (χ1) is 4.68. The van der Waals surface area contributed by atoms with Gasteiger partial charge in [0.2, 0.25) is 0 Å². The van der Waals surface area contributed by atoms with Crippen molar-refractivity contribution in [2.24, 2.45) is 0 Å². The number of alkyl halides is 1. The van der Waals surface area contributed by atoms with Crippen molar-refractivity contribution in [2.75, 3.05) is 24.8 Å². The Labute approximate surface area is 66.4 Å². The Kier molecular flexibility index (Phi) is 15.2. The van der Waals surface area contributed by atoms with Crippen LogP contribution in [0.1, 0.15) is 0 Å². The standard InChI is InChI=1S/C2H5ClO2S.C2H6O2/c3-1-2-6(4)5;3-1-2-4/h6H,1-2H2;3-4H,1-2H2. The summed E-state index contributed by atoms with van der Waals surface area (Å²) in [4.78, 5) is 0. The van der Waals surface area contributed by atoms with Crippen molar-refractivity contribution in [3.05, 3.63) is 0 Å². The van der Waals surface area contributed by atoms with Gasteiger partial charge in [0.1, 0.15) is 10.7 Å². The van der Waals surface area contributed by atoms with Crippen LogP contribution in [0.2, 0.25) is 0 Å². The Balaban J connectivity index is 0. The summed E-state index contributed by atoms with van der Waals surface area (Å²) in [5, 5.41) is 15.2. The summed E-state index contributed by atoms with van der Waals surface area (Å²) >= 11 is 5.01. The molecule has 0 radical (unpaired) electrons. The molecule has 10 heavy (non-hydrogen) atoms. The normalized spacial score (nSPS) is 8.80. The Morgan fingerprint density at radius 1 is 1.20 bits per heavy atom. The maximum Gasteiger partial charge on any atom is 0.141 e. The molecule has 0 aliphatic carbocycles. The largest absolute Gasteiger partial charge is 0.394 e. The van der Waals surface area contributed by atoms with Gasteiger partial charge >= 0.3 is 0 Å². The molecule has 0 aromatic heterocycles. The summed E-state index contributed by atoms with van der Waals surface area (Å²) in [7, 11) is -2.23. The van der Waals surface area contributed by atoms with Crippen LogP contribution in [0.4, 0.5) is 0 Å². The molecule has 0 bridgehead atoms. The lowest BCUT2D eigenvalue weighted by Gasteiger charge is -1.70. The molecule has 0 aromatic carbocycles. The first-order valence-electron chi connectivity index (χ1n) is 2.58. The molecule has 0 spiro atoms. The van der Waals surface area contributed by atoms with E-state index < -0.39 is 10.7 Å². The van der Waals surface area contributed by atoms with Crippen LogP contribution in [0.5, 0.6) is 0 Å². The first kappa shape index (κ1) is 12.8. The summed E-state index contributed by atoms with van der Waals surface area (Å²) < 4.78 is 19.1. The maximum absolute atomic E-state index is 9.55. The van der Waals surface area contributed by atoms with Crippen molar-refractivity contribution < 1.29 is 18.6 Å². The van der Waals surface area contributed by atoms with Gasteiger partial charge in [-0.25, -0.2) is 8.42 Å². The smallest absolute Gasteiger partial charge is 0.141 e. The molecule has 0 saturated heterocycles. The van der Waals surface area contributed by atoms with Gasteiger partial charge in [0.25, 0.3) is 0 Å².